The Labute approximate surface area is 96.4 Å². The van der Waals surface area contributed by atoms with Crippen LogP contribution in [0.15, 0.2) is 17.2 Å². The van der Waals surface area contributed by atoms with Gasteiger partial charge in [0.1, 0.15) is 5.52 Å². The van der Waals surface area contributed by atoms with Crippen molar-refractivity contribution in [1.29, 1.82) is 0 Å². The molecule has 88 valence electrons. The zero-order chi connectivity index (χ0) is 11.7. The van der Waals surface area contributed by atoms with Crippen molar-refractivity contribution in [3.8, 4) is 0 Å². The average Bonchev–Trinajstić information content (AvgIpc) is 2.40. The van der Waals surface area contributed by atoms with Gasteiger partial charge in [0.15, 0.2) is 0 Å². The van der Waals surface area contributed by atoms with Gasteiger partial charge in [0.05, 0.1) is 24.8 Å². The molecule has 2 aromatic heterocycles. The Bertz CT molecular complexity index is 591. The number of H-pyrrole nitrogens is 1. The van der Waals surface area contributed by atoms with Gasteiger partial charge in [0.2, 0.25) is 5.95 Å². The van der Waals surface area contributed by atoms with Gasteiger partial charge in [0.25, 0.3) is 5.56 Å². The van der Waals surface area contributed by atoms with Gasteiger partial charge in [-0.1, -0.05) is 0 Å². The Kier molecular flexibility index (Phi) is 2.45. The number of nitrogens with one attached hydrogen (secondary N) is 1. The molecule has 0 bridgehead atoms. The fraction of sp³-hybridized carbons (Fsp3) is 0.400. The predicted molar refractivity (Wildman–Crippen MR) is 61.0 cm³/mol. The van der Waals surface area contributed by atoms with Gasteiger partial charge >= 0.3 is 0 Å². The van der Waals surface area contributed by atoms with Crippen molar-refractivity contribution in [2.45, 2.75) is 0 Å². The highest BCUT2D eigenvalue weighted by atomic mass is 16.5. The van der Waals surface area contributed by atoms with E-state index in [1.54, 1.807) is 0 Å². The van der Waals surface area contributed by atoms with Crippen molar-refractivity contribution in [1.82, 2.24) is 20.2 Å². The van der Waals surface area contributed by atoms with E-state index in [0.717, 1.165) is 13.1 Å². The zero-order valence-electron chi connectivity index (χ0n) is 9.09. The molecule has 1 fully saturated rings. The highest BCUT2D eigenvalue weighted by molar-refractivity contribution is 5.76. The van der Waals surface area contributed by atoms with E-state index < -0.39 is 0 Å². The van der Waals surface area contributed by atoms with Gasteiger partial charge in [-0.2, -0.15) is 5.10 Å². The fourth-order valence-electron chi connectivity index (χ4n) is 1.79. The predicted octanol–water partition coefficient (Wildman–Crippen LogP) is -0.450. The number of rotatable bonds is 1. The molecule has 0 radical (unpaired) electrons. The van der Waals surface area contributed by atoms with E-state index in [2.05, 4.69) is 20.2 Å². The van der Waals surface area contributed by atoms with Crippen molar-refractivity contribution < 1.29 is 4.74 Å². The van der Waals surface area contributed by atoms with E-state index >= 15 is 0 Å². The van der Waals surface area contributed by atoms with Crippen molar-refractivity contribution >= 4 is 16.9 Å². The van der Waals surface area contributed by atoms with Gasteiger partial charge in [-0.15, -0.1) is 0 Å². The second kappa shape index (κ2) is 4.10. The number of hydrogen-bond donors (Lipinski definition) is 1. The van der Waals surface area contributed by atoms with E-state index in [1.807, 2.05) is 4.90 Å². The molecule has 3 rings (SSSR count). The van der Waals surface area contributed by atoms with Crippen LogP contribution >= 0.6 is 0 Å². The highest BCUT2D eigenvalue weighted by Gasteiger charge is 2.14. The first kappa shape index (κ1) is 10.2. The summed E-state index contributed by atoms with van der Waals surface area (Å²) in [5.74, 6) is 0.619. The van der Waals surface area contributed by atoms with Crippen LogP contribution < -0.4 is 10.5 Å². The Morgan fingerprint density at radius 1 is 1.29 bits per heavy atom. The second-order valence-electron chi connectivity index (χ2n) is 3.77. The summed E-state index contributed by atoms with van der Waals surface area (Å²) in [6.07, 6.45) is 3.07. The third kappa shape index (κ3) is 1.84. The van der Waals surface area contributed by atoms with Crippen LogP contribution in [0.5, 0.6) is 0 Å². The third-order valence-corrected chi connectivity index (χ3v) is 2.70. The minimum absolute atomic E-state index is 0.268. The maximum absolute atomic E-state index is 11.4. The van der Waals surface area contributed by atoms with Crippen molar-refractivity contribution in [2.75, 3.05) is 31.2 Å². The smallest absolute Gasteiger partial charge is 0.275 e. The van der Waals surface area contributed by atoms with E-state index in [-0.39, 0.29) is 5.56 Å². The number of fused-ring (bicyclic) bond motifs is 1. The van der Waals surface area contributed by atoms with Gasteiger partial charge in [0, 0.05) is 19.3 Å². The molecule has 1 saturated heterocycles. The van der Waals surface area contributed by atoms with Crippen LogP contribution in [0.2, 0.25) is 0 Å². The minimum Gasteiger partial charge on any atom is -0.378 e. The molecule has 0 saturated carbocycles. The lowest BCUT2D eigenvalue weighted by Gasteiger charge is -2.26. The number of anilines is 1. The molecule has 0 unspecified atom stereocenters. The summed E-state index contributed by atoms with van der Waals surface area (Å²) in [5.41, 5.74) is 0.293. The molecular formula is C10H11N5O2. The van der Waals surface area contributed by atoms with Crippen LogP contribution in [0, 0.1) is 0 Å². The van der Waals surface area contributed by atoms with Gasteiger partial charge in [-0.25, -0.2) is 15.1 Å². The van der Waals surface area contributed by atoms with Crippen LogP contribution in [-0.2, 0) is 4.74 Å². The lowest BCUT2D eigenvalue weighted by Crippen LogP contribution is -2.37. The topological polar surface area (TPSA) is 84.0 Å². The lowest BCUT2D eigenvalue weighted by molar-refractivity contribution is 0.122. The molecule has 0 amide bonds. The number of ether oxygens (including phenoxy) is 1. The molecule has 0 spiro atoms. The lowest BCUT2D eigenvalue weighted by atomic mass is 10.3. The fourth-order valence-corrected chi connectivity index (χ4v) is 1.79. The molecule has 0 aliphatic carbocycles. The number of morpholine rings is 1. The molecule has 3 heterocycles. The van der Waals surface area contributed by atoms with Crippen LogP contribution in [-0.4, -0.2) is 46.5 Å². The molecule has 7 heteroatoms. The van der Waals surface area contributed by atoms with Crippen molar-refractivity contribution in [3.63, 3.8) is 0 Å². The Morgan fingerprint density at radius 2 is 2.12 bits per heavy atom. The molecule has 0 aromatic carbocycles. The Morgan fingerprint density at radius 3 is 2.94 bits per heavy atom. The standard InChI is InChI=1S/C10H11N5O2/c16-9-7-5-11-10(13-8(7)6-12-14-9)15-1-3-17-4-2-15/h5-6H,1-4H2,(H,14,16). The third-order valence-electron chi connectivity index (χ3n) is 2.70. The zero-order valence-corrected chi connectivity index (χ0v) is 9.09. The minimum atomic E-state index is -0.268. The number of aromatic nitrogens is 4. The number of nitrogens with zero attached hydrogens (tertiary/aromatic N) is 4. The average molecular weight is 233 g/mol. The number of aromatic amines is 1. The van der Waals surface area contributed by atoms with Crippen molar-refractivity contribution in [3.05, 3.63) is 22.7 Å². The van der Waals surface area contributed by atoms with Crippen LogP contribution in [0.4, 0.5) is 5.95 Å². The molecule has 2 aromatic rings. The Balaban J connectivity index is 2.04. The van der Waals surface area contributed by atoms with E-state index in [1.165, 1.54) is 12.4 Å². The second-order valence-corrected chi connectivity index (χ2v) is 3.77. The summed E-state index contributed by atoms with van der Waals surface area (Å²) >= 11 is 0. The molecule has 1 aliphatic heterocycles. The summed E-state index contributed by atoms with van der Waals surface area (Å²) in [7, 11) is 0. The maximum atomic E-state index is 11.4. The highest BCUT2D eigenvalue weighted by Crippen LogP contribution is 2.12. The summed E-state index contributed by atoms with van der Waals surface area (Å²) in [4.78, 5) is 22.0. The van der Waals surface area contributed by atoms with Gasteiger partial charge in [-0.3, -0.25) is 4.79 Å². The van der Waals surface area contributed by atoms with Gasteiger partial charge < -0.3 is 9.64 Å². The van der Waals surface area contributed by atoms with Crippen LogP contribution in [0.1, 0.15) is 0 Å². The SMILES string of the molecule is O=c1[nH]ncc2nc(N3CCOCC3)ncc12. The quantitative estimate of drug-likeness (QED) is 0.718. The first-order valence-electron chi connectivity index (χ1n) is 5.38. The largest absolute Gasteiger partial charge is 0.378 e. The van der Waals surface area contributed by atoms with E-state index in [4.69, 9.17) is 4.74 Å². The normalized spacial score (nSPS) is 16.4. The molecule has 1 N–H and O–H groups in total. The first-order chi connectivity index (χ1) is 8.34. The van der Waals surface area contributed by atoms with E-state index in [0.29, 0.717) is 30.1 Å². The summed E-state index contributed by atoms with van der Waals surface area (Å²) in [6.45, 7) is 2.88. The molecule has 7 nitrogen and oxygen atoms in total. The Hall–Kier alpha value is -2.02. The molecular weight excluding hydrogens is 222 g/mol. The first-order valence-corrected chi connectivity index (χ1v) is 5.38. The van der Waals surface area contributed by atoms with Crippen LogP contribution in [0.25, 0.3) is 10.9 Å². The molecule has 0 atom stereocenters. The summed E-state index contributed by atoms with van der Waals surface area (Å²) < 4.78 is 5.26. The van der Waals surface area contributed by atoms with Crippen LogP contribution in [0.3, 0.4) is 0 Å². The molecule has 17 heavy (non-hydrogen) atoms. The monoisotopic (exact) mass is 233 g/mol. The van der Waals surface area contributed by atoms with Crippen molar-refractivity contribution in [2.24, 2.45) is 0 Å². The van der Waals surface area contributed by atoms with Gasteiger partial charge in [-0.05, 0) is 0 Å². The molecule has 1 aliphatic rings. The maximum Gasteiger partial charge on any atom is 0.275 e. The summed E-state index contributed by atoms with van der Waals surface area (Å²) in [6, 6.07) is 0. The number of hydrogen-bond acceptors (Lipinski definition) is 6. The van der Waals surface area contributed by atoms with E-state index in [9.17, 15) is 4.79 Å². The summed E-state index contributed by atoms with van der Waals surface area (Å²) in [5, 5.41) is 6.54.